The van der Waals surface area contributed by atoms with Crippen molar-refractivity contribution in [3.63, 3.8) is 0 Å². The molecule has 1 aliphatic rings. The van der Waals surface area contributed by atoms with E-state index in [0.29, 0.717) is 0 Å². The molecule has 0 N–H and O–H groups in total. The average molecular weight is 225 g/mol. The smallest absolute Gasteiger partial charge is 0.0705 e. The Kier molecular flexibility index (Phi) is 2.62. The third-order valence-electron chi connectivity index (χ3n) is 4.21. The maximum atomic E-state index is 4.75. The van der Waals surface area contributed by atoms with Crippen molar-refractivity contribution >= 4 is 10.9 Å². The minimum Gasteiger partial charge on any atom is -0.253 e. The van der Waals surface area contributed by atoms with Gasteiger partial charge in [-0.25, -0.2) is 0 Å². The number of aromatic nitrogens is 1. The molecule has 0 bridgehead atoms. The highest BCUT2D eigenvalue weighted by Crippen LogP contribution is 2.40. The van der Waals surface area contributed by atoms with Gasteiger partial charge in [0.2, 0.25) is 0 Å². The normalized spacial score (nSPS) is 24.4. The van der Waals surface area contributed by atoms with Gasteiger partial charge in [-0.15, -0.1) is 0 Å². The molecule has 3 rings (SSSR count). The molecule has 1 aromatic carbocycles. The van der Waals surface area contributed by atoms with E-state index in [1.165, 1.54) is 35.9 Å². The summed E-state index contributed by atoms with van der Waals surface area (Å²) in [5, 5.41) is 1.28. The number of benzene rings is 1. The predicted molar refractivity (Wildman–Crippen MR) is 72.2 cm³/mol. The summed E-state index contributed by atoms with van der Waals surface area (Å²) in [4.78, 5) is 4.75. The highest BCUT2D eigenvalue weighted by molar-refractivity contribution is 5.79. The van der Waals surface area contributed by atoms with Crippen molar-refractivity contribution in [2.24, 2.45) is 5.92 Å². The highest BCUT2D eigenvalue weighted by atomic mass is 14.7. The molecular formula is C16H19N. The SMILES string of the molecule is Cc1nc2ccccc2cc1C1CCC[C@H]1C. The second-order valence-electron chi connectivity index (χ2n) is 5.37. The van der Waals surface area contributed by atoms with E-state index in [2.05, 4.69) is 44.2 Å². The van der Waals surface area contributed by atoms with Crippen LogP contribution in [0.2, 0.25) is 0 Å². The molecule has 88 valence electrons. The van der Waals surface area contributed by atoms with Crippen molar-refractivity contribution in [2.75, 3.05) is 0 Å². The summed E-state index contributed by atoms with van der Waals surface area (Å²) in [6.07, 6.45) is 4.08. The van der Waals surface area contributed by atoms with E-state index in [9.17, 15) is 0 Å². The fraction of sp³-hybridized carbons (Fsp3) is 0.438. The summed E-state index contributed by atoms with van der Waals surface area (Å²) >= 11 is 0. The summed E-state index contributed by atoms with van der Waals surface area (Å²) in [6, 6.07) is 10.8. The zero-order valence-corrected chi connectivity index (χ0v) is 10.6. The van der Waals surface area contributed by atoms with Crippen molar-refractivity contribution in [1.29, 1.82) is 0 Å². The number of hydrogen-bond acceptors (Lipinski definition) is 1. The van der Waals surface area contributed by atoms with Gasteiger partial charge in [-0.05, 0) is 42.9 Å². The van der Waals surface area contributed by atoms with Crippen LogP contribution in [0.4, 0.5) is 0 Å². The van der Waals surface area contributed by atoms with Crippen molar-refractivity contribution in [2.45, 2.75) is 39.0 Å². The van der Waals surface area contributed by atoms with Crippen LogP contribution in [0.5, 0.6) is 0 Å². The Morgan fingerprint density at radius 2 is 2.00 bits per heavy atom. The first kappa shape index (κ1) is 10.8. The van der Waals surface area contributed by atoms with E-state index in [0.717, 1.165) is 17.4 Å². The summed E-state index contributed by atoms with van der Waals surface area (Å²) in [6.45, 7) is 4.54. The van der Waals surface area contributed by atoms with E-state index < -0.39 is 0 Å². The molecule has 0 amide bonds. The Morgan fingerprint density at radius 1 is 1.18 bits per heavy atom. The lowest BCUT2D eigenvalue weighted by Crippen LogP contribution is -2.05. The van der Waals surface area contributed by atoms with Gasteiger partial charge in [0.1, 0.15) is 0 Å². The Hall–Kier alpha value is -1.37. The third kappa shape index (κ3) is 1.84. The number of nitrogens with zero attached hydrogens (tertiary/aromatic N) is 1. The molecule has 2 aromatic rings. The maximum absolute atomic E-state index is 4.75. The van der Waals surface area contributed by atoms with Gasteiger partial charge in [0, 0.05) is 11.1 Å². The third-order valence-corrected chi connectivity index (χ3v) is 4.21. The minimum absolute atomic E-state index is 0.729. The van der Waals surface area contributed by atoms with E-state index in [4.69, 9.17) is 4.98 Å². The van der Waals surface area contributed by atoms with Crippen molar-refractivity contribution in [1.82, 2.24) is 4.98 Å². The Bertz CT molecular complexity index is 544. The van der Waals surface area contributed by atoms with E-state index >= 15 is 0 Å². The van der Waals surface area contributed by atoms with Gasteiger partial charge < -0.3 is 0 Å². The summed E-state index contributed by atoms with van der Waals surface area (Å²) in [5.74, 6) is 1.55. The number of aryl methyl sites for hydroxylation is 1. The Labute approximate surface area is 103 Å². The molecular weight excluding hydrogens is 206 g/mol. The maximum Gasteiger partial charge on any atom is 0.0705 e. The van der Waals surface area contributed by atoms with Crippen LogP contribution >= 0.6 is 0 Å². The molecule has 1 unspecified atom stereocenters. The number of pyridine rings is 1. The zero-order chi connectivity index (χ0) is 11.8. The number of rotatable bonds is 1. The molecule has 0 aliphatic heterocycles. The highest BCUT2D eigenvalue weighted by Gasteiger charge is 2.26. The van der Waals surface area contributed by atoms with Gasteiger partial charge in [-0.2, -0.15) is 0 Å². The molecule has 1 heterocycles. The molecule has 1 nitrogen and oxygen atoms in total. The quantitative estimate of drug-likeness (QED) is 0.699. The van der Waals surface area contributed by atoms with Crippen LogP contribution in [0, 0.1) is 12.8 Å². The second-order valence-corrected chi connectivity index (χ2v) is 5.37. The lowest BCUT2D eigenvalue weighted by molar-refractivity contribution is 0.530. The van der Waals surface area contributed by atoms with E-state index in [-0.39, 0.29) is 0 Å². The molecule has 0 radical (unpaired) electrons. The summed E-state index contributed by atoms with van der Waals surface area (Å²) in [7, 11) is 0. The molecule has 1 fully saturated rings. The fourth-order valence-electron chi connectivity index (χ4n) is 3.21. The first-order valence-electron chi connectivity index (χ1n) is 6.62. The number of fused-ring (bicyclic) bond motifs is 1. The van der Waals surface area contributed by atoms with Crippen LogP contribution in [-0.4, -0.2) is 4.98 Å². The number of para-hydroxylation sites is 1. The minimum atomic E-state index is 0.729. The fourth-order valence-corrected chi connectivity index (χ4v) is 3.21. The molecule has 1 aromatic heterocycles. The van der Waals surface area contributed by atoms with Gasteiger partial charge in [0.15, 0.2) is 0 Å². The Balaban J connectivity index is 2.12. The van der Waals surface area contributed by atoms with Crippen molar-refractivity contribution < 1.29 is 0 Å². The van der Waals surface area contributed by atoms with Crippen LogP contribution < -0.4 is 0 Å². The van der Waals surface area contributed by atoms with Crippen molar-refractivity contribution in [3.8, 4) is 0 Å². The molecule has 2 atom stereocenters. The van der Waals surface area contributed by atoms with Crippen LogP contribution in [0.15, 0.2) is 30.3 Å². The predicted octanol–water partition coefficient (Wildman–Crippen LogP) is 4.45. The standard InChI is InChI=1S/C16H19N/c1-11-6-5-8-14(11)15-10-13-7-3-4-9-16(13)17-12(15)2/h3-4,7,9-11,14H,5-6,8H2,1-2H3/t11-,14?/m1/s1. The first-order chi connectivity index (χ1) is 8.25. The van der Waals surface area contributed by atoms with Crippen LogP contribution in [0.1, 0.15) is 43.4 Å². The summed E-state index contributed by atoms with van der Waals surface area (Å²) < 4.78 is 0. The topological polar surface area (TPSA) is 12.9 Å². The van der Waals surface area contributed by atoms with Gasteiger partial charge in [-0.1, -0.05) is 38.0 Å². The molecule has 17 heavy (non-hydrogen) atoms. The van der Waals surface area contributed by atoms with Crippen LogP contribution in [-0.2, 0) is 0 Å². The van der Waals surface area contributed by atoms with Gasteiger partial charge in [0.05, 0.1) is 5.52 Å². The van der Waals surface area contributed by atoms with E-state index in [1.54, 1.807) is 0 Å². The van der Waals surface area contributed by atoms with Crippen LogP contribution in [0.25, 0.3) is 10.9 Å². The van der Waals surface area contributed by atoms with Gasteiger partial charge >= 0.3 is 0 Å². The zero-order valence-electron chi connectivity index (χ0n) is 10.6. The second kappa shape index (κ2) is 4.14. The molecule has 1 aliphatic carbocycles. The van der Waals surface area contributed by atoms with E-state index in [1.807, 2.05) is 0 Å². The molecule has 0 spiro atoms. The lowest BCUT2D eigenvalue weighted by atomic mass is 9.88. The largest absolute Gasteiger partial charge is 0.253 e. The summed E-state index contributed by atoms with van der Waals surface area (Å²) in [5.41, 5.74) is 3.83. The van der Waals surface area contributed by atoms with Gasteiger partial charge in [0.25, 0.3) is 0 Å². The van der Waals surface area contributed by atoms with Crippen LogP contribution in [0.3, 0.4) is 0 Å². The average Bonchev–Trinajstić information content (AvgIpc) is 2.74. The molecule has 0 saturated heterocycles. The monoisotopic (exact) mass is 225 g/mol. The first-order valence-corrected chi connectivity index (χ1v) is 6.62. The molecule has 1 saturated carbocycles. The van der Waals surface area contributed by atoms with Gasteiger partial charge in [-0.3, -0.25) is 4.98 Å². The number of hydrogen-bond donors (Lipinski definition) is 0. The lowest BCUT2D eigenvalue weighted by Gasteiger charge is -2.18. The molecule has 1 heteroatoms. The van der Waals surface area contributed by atoms with Crippen molar-refractivity contribution in [3.05, 3.63) is 41.6 Å². The Morgan fingerprint density at radius 3 is 2.76 bits per heavy atom.